The number of para-hydroxylation sites is 1. The topological polar surface area (TPSA) is 54.3 Å². The Balaban J connectivity index is 1.74. The van der Waals surface area contributed by atoms with Crippen molar-refractivity contribution < 1.29 is 9.59 Å². The van der Waals surface area contributed by atoms with Crippen LogP contribution in [0.2, 0.25) is 0 Å². The highest BCUT2D eigenvalue weighted by Crippen LogP contribution is 2.28. The number of hydrogen-bond donors (Lipinski definition) is 1. The predicted octanol–water partition coefficient (Wildman–Crippen LogP) is 3.14. The average molecular weight is 367 g/mol. The number of carbonyl (C=O) groups excluding carboxylic acids is 2. The number of hydrogen-bond acceptors (Lipinski definition) is 3. The fourth-order valence-corrected chi connectivity index (χ4v) is 4.31. The Bertz CT molecular complexity index is 938. The van der Waals surface area contributed by atoms with E-state index in [-0.39, 0.29) is 22.6 Å². The van der Waals surface area contributed by atoms with Crippen LogP contribution in [0, 0.1) is 0 Å². The number of aromatic nitrogens is 1. The van der Waals surface area contributed by atoms with Crippen LogP contribution in [0.15, 0.2) is 36.0 Å². The second kappa shape index (κ2) is 6.68. The third-order valence-electron chi connectivity index (χ3n) is 5.30. The lowest BCUT2D eigenvalue weighted by molar-refractivity contribution is -0.130. The summed E-state index contributed by atoms with van der Waals surface area (Å²) in [5.41, 5.74) is 2.07. The third-order valence-corrected chi connectivity index (χ3v) is 5.60. The molecule has 0 bridgehead atoms. The molecule has 1 aromatic heterocycles. The molecule has 1 N–H and O–H groups in total. The summed E-state index contributed by atoms with van der Waals surface area (Å²) in [6.07, 6.45) is 8.87. The van der Waals surface area contributed by atoms with Gasteiger partial charge >= 0.3 is 0 Å². The van der Waals surface area contributed by atoms with E-state index in [9.17, 15) is 9.59 Å². The Morgan fingerprint density at radius 1 is 1.15 bits per heavy atom. The molecule has 1 aromatic carbocycles. The van der Waals surface area contributed by atoms with E-state index >= 15 is 0 Å². The van der Waals surface area contributed by atoms with Gasteiger partial charge in [-0.05, 0) is 37.2 Å². The molecule has 0 radical (unpaired) electrons. The molecule has 1 aliphatic heterocycles. The highest BCUT2D eigenvalue weighted by molar-refractivity contribution is 7.80. The van der Waals surface area contributed by atoms with Gasteiger partial charge in [0.2, 0.25) is 0 Å². The fourth-order valence-electron chi connectivity index (χ4n) is 3.99. The van der Waals surface area contributed by atoms with Crippen molar-refractivity contribution in [2.45, 2.75) is 38.1 Å². The lowest BCUT2D eigenvalue weighted by atomic mass is 9.93. The van der Waals surface area contributed by atoms with E-state index < -0.39 is 5.91 Å². The zero-order valence-electron chi connectivity index (χ0n) is 14.7. The van der Waals surface area contributed by atoms with Gasteiger partial charge in [-0.2, -0.15) is 0 Å². The number of rotatable bonds is 2. The van der Waals surface area contributed by atoms with E-state index in [1.54, 1.807) is 11.0 Å². The van der Waals surface area contributed by atoms with Crippen molar-refractivity contribution in [2.75, 3.05) is 0 Å². The van der Waals surface area contributed by atoms with Gasteiger partial charge in [-0.15, -0.1) is 0 Å². The standard InChI is InChI=1S/C20H21N3O2S/c1-22-12-13(15-9-5-6-10-17(15)22)11-16-18(24)21-20(26)23(19(16)25)14-7-3-2-4-8-14/h5-6,9-12,14H,2-4,7-8H2,1H3,(H,21,24,26)/b16-11+. The van der Waals surface area contributed by atoms with Crippen LogP contribution < -0.4 is 5.32 Å². The summed E-state index contributed by atoms with van der Waals surface area (Å²) in [6.45, 7) is 0. The van der Waals surface area contributed by atoms with Crippen molar-refractivity contribution in [1.82, 2.24) is 14.8 Å². The van der Waals surface area contributed by atoms with Crippen LogP contribution in [-0.2, 0) is 16.6 Å². The SMILES string of the molecule is Cn1cc(/C=C2\C(=O)NC(=S)N(C3CCCCC3)C2=O)c2ccccc21. The Morgan fingerprint density at radius 3 is 2.65 bits per heavy atom. The molecular weight excluding hydrogens is 346 g/mol. The van der Waals surface area contributed by atoms with Gasteiger partial charge in [0.05, 0.1) is 0 Å². The van der Waals surface area contributed by atoms with E-state index in [4.69, 9.17) is 12.2 Å². The minimum absolute atomic E-state index is 0.0836. The van der Waals surface area contributed by atoms with Gasteiger partial charge in [-0.3, -0.25) is 19.8 Å². The molecule has 1 aliphatic carbocycles. The Labute approximate surface area is 157 Å². The van der Waals surface area contributed by atoms with Crippen molar-refractivity contribution in [3.63, 3.8) is 0 Å². The summed E-state index contributed by atoms with van der Waals surface area (Å²) in [4.78, 5) is 27.2. The largest absolute Gasteiger partial charge is 0.350 e. The summed E-state index contributed by atoms with van der Waals surface area (Å²) in [7, 11) is 1.95. The molecule has 2 aliphatic rings. The van der Waals surface area contributed by atoms with E-state index in [0.717, 1.165) is 42.1 Å². The average Bonchev–Trinajstić information content (AvgIpc) is 2.96. The number of nitrogens with one attached hydrogen (secondary N) is 1. The molecule has 2 fully saturated rings. The number of carbonyl (C=O) groups is 2. The van der Waals surface area contributed by atoms with Crippen LogP contribution >= 0.6 is 12.2 Å². The number of fused-ring (bicyclic) bond motifs is 1. The van der Waals surface area contributed by atoms with Crippen molar-refractivity contribution >= 4 is 46.1 Å². The van der Waals surface area contributed by atoms with Gasteiger partial charge < -0.3 is 4.57 Å². The molecular formula is C20H21N3O2S. The summed E-state index contributed by atoms with van der Waals surface area (Å²) in [5, 5.41) is 3.96. The lowest BCUT2D eigenvalue weighted by Crippen LogP contribution is -2.57. The highest BCUT2D eigenvalue weighted by atomic mass is 32.1. The summed E-state index contributed by atoms with van der Waals surface area (Å²) < 4.78 is 2.00. The Hall–Kier alpha value is -2.47. The van der Waals surface area contributed by atoms with Crippen LogP contribution in [0.4, 0.5) is 0 Å². The van der Waals surface area contributed by atoms with E-state index in [2.05, 4.69) is 5.32 Å². The molecule has 6 heteroatoms. The van der Waals surface area contributed by atoms with Crippen LogP contribution in [0.25, 0.3) is 17.0 Å². The molecule has 2 heterocycles. The molecule has 4 rings (SSSR count). The zero-order valence-corrected chi connectivity index (χ0v) is 15.5. The van der Waals surface area contributed by atoms with Crippen LogP contribution in [0.3, 0.4) is 0 Å². The lowest BCUT2D eigenvalue weighted by Gasteiger charge is -2.37. The molecule has 26 heavy (non-hydrogen) atoms. The first-order valence-corrected chi connectivity index (χ1v) is 9.41. The molecule has 134 valence electrons. The Morgan fingerprint density at radius 2 is 1.88 bits per heavy atom. The molecule has 5 nitrogen and oxygen atoms in total. The summed E-state index contributed by atoms with van der Waals surface area (Å²) >= 11 is 5.30. The van der Waals surface area contributed by atoms with Crippen LogP contribution in [0.1, 0.15) is 37.7 Å². The van der Waals surface area contributed by atoms with Crippen molar-refractivity contribution in [2.24, 2.45) is 7.05 Å². The zero-order chi connectivity index (χ0) is 18.3. The number of thiocarbonyl (C=S) groups is 1. The third kappa shape index (κ3) is 2.84. The molecule has 0 atom stereocenters. The minimum atomic E-state index is -0.417. The second-order valence-electron chi connectivity index (χ2n) is 7.00. The maximum atomic E-state index is 13.1. The molecule has 1 saturated heterocycles. The van der Waals surface area contributed by atoms with Gasteiger partial charge in [0.15, 0.2) is 5.11 Å². The second-order valence-corrected chi connectivity index (χ2v) is 7.38. The van der Waals surface area contributed by atoms with Gasteiger partial charge in [-0.1, -0.05) is 37.5 Å². The first kappa shape index (κ1) is 17.0. The normalized spacial score (nSPS) is 20.9. The van der Waals surface area contributed by atoms with Crippen molar-refractivity contribution in [1.29, 1.82) is 0 Å². The maximum absolute atomic E-state index is 13.1. The minimum Gasteiger partial charge on any atom is -0.350 e. The number of benzene rings is 1. The maximum Gasteiger partial charge on any atom is 0.265 e. The first-order valence-electron chi connectivity index (χ1n) is 9.01. The smallest absolute Gasteiger partial charge is 0.265 e. The molecule has 1 saturated carbocycles. The quantitative estimate of drug-likeness (QED) is 0.504. The predicted molar refractivity (Wildman–Crippen MR) is 105 cm³/mol. The van der Waals surface area contributed by atoms with Crippen LogP contribution in [0.5, 0.6) is 0 Å². The van der Waals surface area contributed by atoms with Crippen molar-refractivity contribution in [3.8, 4) is 0 Å². The summed E-state index contributed by atoms with van der Waals surface area (Å²) in [5.74, 6) is -0.696. The monoisotopic (exact) mass is 367 g/mol. The van der Waals surface area contributed by atoms with Gasteiger partial charge in [0.25, 0.3) is 11.8 Å². The molecule has 2 amide bonds. The van der Waals surface area contributed by atoms with Crippen molar-refractivity contribution in [3.05, 3.63) is 41.6 Å². The molecule has 2 aromatic rings. The van der Waals surface area contributed by atoms with E-state index in [1.165, 1.54) is 6.42 Å². The fraction of sp³-hybridized carbons (Fsp3) is 0.350. The number of nitrogens with zero attached hydrogens (tertiary/aromatic N) is 2. The van der Waals surface area contributed by atoms with E-state index in [0.29, 0.717) is 0 Å². The van der Waals surface area contributed by atoms with Gasteiger partial charge in [0.1, 0.15) is 5.57 Å². The van der Waals surface area contributed by atoms with Gasteiger partial charge in [-0.25, -0.2) is 0 Å². The van der Waals surface area contributed by atoms with Gasteiger partial charge in [0, 0.05) is 35.8 Å². The molecule has 0 unspecified atom stereocenters. The number of amides is 2. The molecule has 0 spiro atoms. The highest BCUT2D eigenvalue weighted by Gasteiger charge is 2.38. The summed E-state index contributed by atoms with van der Waals surface area (Å²) in [6, 6.07) is 8.03. The Kier molecular flexibility index (Phi) is 4.36. The first-order chi connectivity index (χ1) is 12.6. The van der Waals surface area contributed by atoms with E-state index in [1.807, 2.05) is 42.1 Å². The van der Waals surface area contributed by atoms with Crippen LogP contribution in [-0.4, -0.2) is 32.4 Å². The number of aryl methyl sites for hydroxylation is 1.